The fourth-order valence-corrected chi connectivity index (χ4v) is 4.31. The molecule has 1 aromatic heterocycles. The summed E-state index contributed by atoms with van der Waals surface area (Å²) >= 11 is 0. The van der Waals surface area contributed by atoms with Gasteiger partial charge in [0.1, 0.15) is 11.5 Å². The van der Waals surface area contributed by atoms with E-state index in [9.17, 15) is 4.79 Å². The van der Waals surface area contributed by atoms with Crippen LogP contribution in [0.1, 0.15) is 55.6 Å². The zero-order chi connectivity index (χ0) is 18.1. The molecule has 3 heterocycles. The second-order valence-electron chi connectivity index (χ2n) is 7.37. The molecule has 2 aliphatic rings. The van der Waals surface area contributed by atoms with Crippen molar-refractivity contribution in [1.29, 1.82) is 0 Å². The molecule has 2 aliphatic heterocycles. The molecule has 1 fully saturated rings. The summed E-state index contributed by atoms with van der Waals surface area (Å²) in [5.41, 5.74) is 2.64. The molecule has 0 saturated carbocycles. The summed E-state index contributed by atoms with van der Waals surface area (Å²) in [7, 11) is 0. The molecule has 2 atom stereocenters. The number of para-hydroxylation sites is 1. The van der Waals surface area contributed by atoms with Gasteiger partial charge in [-0.1, -0.05) is 25.1 Å². The third-order valence-corrected chi connectivity index (χ3v) is 5.68. The van der Waals surface area contributed by atoms with E-state index in [1.54, 1.807) is 12.4 Å². The summed E-state index contributed by atoms with van der Waals surface area (Å²) in [5.74, 6) is 0.829. The fourth-order valence-electron chi connectivity index (χ4n) is 4.31. The number of aromatic nitrogens is 2. The molecule has 1 saturated heterocycles. The summed E-state index contributed by atoms with van der Waals surface area (Å²) in [6, 6.07) is 8.79. The molecule has 1 amide bonds. The number of piperidine rings is 1. The van der Waals surface area contributed by atoms with Crippen LogP contribution in [0.15, 0.2) is 36.7 Å². The monoisotopic (exact) mass is 350 g/mol. The predicted octanol–water partition coefficient (Wildman–Crippen LogP) is 3.84. The summed E-state index contributed by atoms with van der Waals surface area (Å²) < 4.78 is 0. The van der Waals surface area contributed by atoms with Crippen LogP contribution in [0, 0.1) is 0 Å². The number of nitrogens with zero attached hydrogens (tertiary/aromatic N) is 4. The van der Waals surface area contributed by atoms with Crippen LogP contribution < -0.4 is 9.80 Å². The molecule has 0 N–H and O–H groups in total. The molecule has 0 radical (unpaired) electrons. The van der Waals surface area contributed by atoms with Crippen molar-refractivity contribution in [3.8, 4) is 0 Å². The maximum absolute atomic E-state index is 13.0. The fraction of sp³-hybridized carbons (Fsp3) is 0.476. The maximum atomic E-state index is 13.0. The van der Waals surface area contributed by atoms with E-state index in [1.165, 1.54) is 24.8 Å². The van der Waals surface area contributed by atoms with Crippen LogP contribution in [0.4, 0.5) is 11.5 Å². The van der Waals surface area contributed by atoms with Crippen molar-refractivity contribution in [3.63, 3.8) is 0 Å². The number of carbonyl (C=O) groups is 1. The Morgan fingerprint density at radius 1 is 1.19 bits per heavy atom. The number of hydrogen-bond acceptors (Lipinski definition) is 4. The molecule has 2 aromatic rings. The Morgan fingerprint density at radius 2 is 2.04 bits per heavy atom. The van der Waals surface area contributed by atoms with Gasteiger partial charge in [0.25, 0.3) is 5.91 Å². The first-order valence-electron chi connectivity index (χ1n) is 9.69. The van der Waals surface area contributed by atoms with Crippen molar-refractivity contribution >= 4 is 17.4 Å². The van der Waals surface area contributed by atoms with Crippen molar-refractivity contribution in [2.75, 3.05) is 16.3 Å². The zero-order valence-corrected chi connectivity index (χ0v) is 15.6. The minimum Gasteiger partial charge on any atom is -0.352 e. The number of rotatable bonds is 3. The SMILES string of the molecule is CCC1CCCCN1c1cnc(C(=O)N2c3ccccc3CC2C)cn1. The topological polar surface area (TPSA) is 49.3 Å². The molecule has 0 bridgehead atoms. The molecule has 2 unspecified atom stereocenters. The quantitative estimate of drug-likeness (QED) is 0.844. The van der Waals surface area contributed by atoms with E-state index in [2.05, 4.69) is 34.8 Å². The van der Waals surface area contributed by atoms with Crippen molar-refractivity contribution in [2.45, 2.75) is 58.0 Å². The van der Waals surface area contributed by atoms with E-state index in [0.717, 1.165) is 30.9 Å². The van der Waals surface area contributed by atoms with Crippen LogP contribution in [0.3, 0.4) is 0 Å². The van der Waals surface area contributed by atoms with Crippen LogP contribution in [0.5, 0.6) is 0 Å². The number of anilines is 2. The average Bonchev–Trinajstić information content (AvgIpc) is 3.03. The molecule has 4 rings (SSSR count). The van der Waals surface area contributed by atoms with Gasteiger partial charge >= 0.3 is 0 Å². The standard InChI is InChI=1S/C21H26N4O/c1-3-17-9-6-7-11-24(17)20-14-22-18(13-23-20)21(26)25-15(2)12-16-8-4-5-10-19(16)25/h4-5,8,10,13-15,17H,3,6-7,9,11-12H2,1-2H3. The molecule has 136 valence electrons. The van der Waals surface area contributed by atoms with Crippen LogP contribution >= 0.6 is 0 Å². The Morgan fingerprint density at radius 3 is 2.81 bits per heavy atom. The second-order valence-corrected chi connectivity index (χ2v) is 7.37. The summed E-state index contributed by atoms with van der Waals surface area (Å²) in [5, 5.41) is 0. The number of benzene rings is 1. The minimum absolute atomic E-state index is 0.0628. The van der Waals surface area contributed by atoms with Crippen molar-refractivity contribution in [2.24, 2.45) is 0 Å². The summed E-state index contributed by atoms with van der Waals surface area (Å²) in [6.45, 7) is 5.33. The van der Waals surface area contributed by atoms with Crippen molar-refractivity contribution in [3.05, 3.63) is 47.9 Å². The Balaban J connectivity index is 1.56. The number of fused-ring (bicyclic) bond motifs is 1. The lowest BCUT2D eigenvalue weighted by Crippen LogP contribution is -2.40. The molecule has 1 aromatic carbocycles. The Labute approximate surface area is 155 Å². The molecule has 0 spiro atoms. The second kappa shape index (κ2) is 7.06. The lowest BCUT2D eigenvalue weighted by Gasteiger charge is -2.36. The van der Waals surface area contributed by atoms with Crippen LogP contribution in [-0.2, 0) is 6.42 Å². The highest BCUT2D eigenvalue weighted by atomic mass is 16.2. The molecular weight excluding hydrogens is 324 g/mol. The number of amides is 1. The third-order valence-electron chi connectivity index (χ3n) is 5.68. The van der Waals surface area contributed by atoms with Gasteiger partial charge < -0.3 is 9.80 Å². The van der Waals surface area contributed by atoms with Gasteiger partial charge in [0, 0.05) is 24.3 Å². The first kappa shape index (κ1) is 17.0. The van der Waals surface area contributed by atoms with E-state index in [0.29, 0.717) is 11.7 Å². The molecule has 26 heavy (non-hydrogen) atoms. The van der Waals surface area contributed by atoms with Gasteiger partial charge in [-0.15, -0.1) is 0 Å². The molecular formula is C21H26N4O. The number of hydrogen-bond donors (Lipinski definition) is 0. The van der Waals surface area contributed by atoms with E-state index in [1.807, 2.05) is 23.1 Å². The highest BCUT2D eigenvalue weighted by Crippen LogP contribution is 2.33. The highest BCUT2D eigenvalue weighted by Gasteiger charge is 2.32. The molecule has 5 nitrogen and oxygen atoms in total. The van der Waals surface area contributed by atoms with Crippen molar-refractivity contribution < 1.29 is 4.79 Å². The molecule has 0 aliphatic carbocycles. The van der Waals surface area contributed by atoms with Gasteiger partial charge in [-0.2, -0.15) is 0 Å². The Hall–Kier alpha value is -2.43. The normalized spacial score (nSPS) is 22.4. The van der Waals surface area contributed by atoms with Gasteiger partial charge in [-0.25, -0.2) is 9.97 Å². The van der Waals surface area contributed by atoms with E-state index in [-0.39, 0.29) is 11.9 Å². The van der Waals surface area contributed by atoms with Gasteiger partial charge in [-0.3, -0.25) is 4.79 Å². The van der Waals surface area contributed by atoms with Gasteiger partial charge in [0.05, 0.1) is 12.4 Å². The molecule has 5 heteroatoms. The first-order valence-corrected chi connectivity index (χ1v) is 9.69. The van der Waals surface area contributed by atoms with Crippen LogP contribution in [-0.4, -0.2) is 34.5 Å². The zero-order valence-electron chi connectivity index (χ0n) is 15.6. The lowest BCUT2D eigenvalue weighted by atomic mass is 10.0. The maximum Gasteiger partial charge on any atom is 0.278 e. The van der Waals surface area contributed by atoms with Crippen LogP contribution in [0.2, 0.25) is 0 Å². The average molecular weight is 350 g/mol. The summed E-state index contributed by atoms with van der Waals surface area (Å²) in [4.78, 5) is 26.3. The van der Waals surface area contributed by atoms with E-state index in [4.69, 9.17) is 0 Å². The van der Waals surface area contributed by atoms with Gasteiger partial charge in [-0.05, 0) is 50.7 Å². The lowest BCUT2D eigenvalue weighted by molar-refractivity contribution is 0.0976. The highest BCUT2D eigenvalue weighted by molar-refractivity contribution is 6.06. The Kier molecular flexibility index (Phi) is 4.62. The van der Waals surface area contributed by atoms with E-state index < -0.39 is 0 Å². The van der Waals surface area contributed by atoms with Crippen molar-refractivity contribution in [1.82, 2.24) is 9.97 Å². The van der Waals surface area contributed by atoms with E-state index >= 15 is 0 Å². The minimum atomic E-state index is -0.0628. The first-order chi connectivity index (χ1) is 12.7. The smallest absolute Gasteiger partial charge is 0.278 e. The summed E-state index contributed by atoms with van der Waals surface area (Å²) in [6.07, 6.45) is 9.11. The van der Waals surface area contributed by atoms with Gasteiger partial charge in [0.15, 0.2) is 0 Å². The number of carbonyl (C=O) groups excluding carboxylic acids is 1. The Bertz CT molecular complexity index is 789. The van der Waals surface area contributed by atoms with Crippen LogP contribution in [0.25, 0.3) is 0 Å². The third kappa shape index (κ3) is 2.96. The van der Waals surface area contributed by atoms with Gasteiger partial charge in [0.2, 0.25) is 0 Å². The predicted molar refractivity (Wildman–Crippen MR) is 104 cm³/mol. The largest absolute Gasteiger partial charge is 0.352 e.